The van der Waals surface area contributed by atoms with Crippen molar-refractivity contribution in [3.63, 3.8) is 0 Å². The molecule has 1 aliphatic rings. The normalized spacial score (nSPS) is 12.2. The number of benzene rings is 3. The molecule has 0 unspecified atom stereocenters. The summed E-state index contributed by atoms with van der Waals surface area (Å²) in [4.78, 5) is 0. The van der Waals surface area contributed by atoms with Gasteiger partial charge in [0.25, 0.3) is 0 Å². The highest BCUT2D eigenvalue weighted by Gasteiger charge is 2.22. The lowest BCUT2D eigenvalue weighted by atomic mass is 9.98. The minimum atomic E-state index is -0.708. The highest BCUT2D eigenvalue weighted by Crippen LogP contribution is 2.40. The second-order valence-corrected chi connectivity index (χ2v) is 6.17. The van der Waals surface area contributed by atoms with Crippen molar-refractivity contribution in [2.75, 3.05) is 0 Å². The van der Waals surface area contributed by atoms with Gasteiger partial charge in [-0.2, -0.15) is 0 Å². The molecular formula is C21H15F3. The van der Waals surface area contributed by atoms with Gasteiger partial charge in [0.2, 0.25) is 0 Å². The van der Waals surface area contributed by atoms with Crippen molar-refractivity contribution < 1.29 is 13.2 Å². The van der Waals surface area contributed by atoms with E-state index in [4.69, 9.17) is 0 Å². The summed E-state index contributed by atoms with van der Waals surface area (Å²) in [6.07, 6.45) is 1.66. The molecule has 0 spiro atoms. The minimum Gasteiger partial charge on any atom is -0.207 e. The number of rotatable bonds is 2. The molecule has 3 aromatic carbocycles. The van der Waals surface area contributed by atoms with Crippen molar-refractivity contribution in [2.45, 2.75) is 19.8 Å². The first kappa shape index (κ1) is 15.0. The molecule has 0 aromatic heterocycles. The molecule has 3 heteroatoms. The first-order valence-corrected chi connectivity index (χ1v) is 7.96. The number of hydrogen-bond acceptors (Lipinski definition) is 0. The average Bonchev–Trinajstić information content (AvgIpc) is 2.89. The molecule has 0 bridgehead atoms. The predicted molar refractivity (Wildman–Crippen MR) is 89.4 cm³/mol. The second kappa shape index (κ2) is 5.52. The van der Waals surface area contributed by atoms with Crippen molar-refractivity contribution in [3.8, 4) is 22.3 Å². The maximum atomic E-state index is 14.6. The van der Waals surface area contributed by atoms with Crippen LogP contribution >= 0.6 is 0 Å². The van der Waals surface area contributed by atoms with E-state index in [0.717, 1.165) is 41.3 Å². The Morgan fingerprint density at radius 1 is 0.750 bits per heavy atom. The quantitative estimate of drug-likeness (QED) is 0.430. The Hall–Kier alpha value is -2.55. The van der Waals surface area contributed by atoms with E-state index in [-0.39, 0.29) is 11.1 Å². The topological polar surface area (TPSA) is 0 Å². The fourth-order valence-electron chi connectivity index (χ4n) is 3.43. The Kier molecular flexibility index (Phi) is 3.45. The number of halogens is 3. The summed E-state index contributed by atoms with van der Waals surface area (Å²) >= 11 is 0. The van der Waals surface area contributed by atoms with Gasteiger partial charge in [-0.05, 0) is 70.5 Å². The van der Waals surface area contributed by atoms with Crippen molar-refractivity contribution in [1.82, 2.24) is 0 Å². The van der Waals surface area contributed by atoms with Crippen LogP contribution in [0.25, 0.3) is 22.3 Å². The molecule has 0 heterocycles. The van der Waals surface area contributed by atoms with Crippen LogP contribution in [0.2, 0.25) is 0 Å². The predicted octanol–water partition coefficient (Wildman–Crippen LogP) is 5.90. The fraction of sp³-hybridized carbons (Fsp3) is 0.143. The van der Waals surface area contributed by atoms with Gasteiger partial charge in [0.15, 0.2) is 0 Å². The van der Waals surface area contributed by atoms with E-state index >= 15 is 0 Å². The van der Waals surface area contributed by atoms with Crippen molar-refractivity contribution in [2.24, 2.45) is 0 Å². The summed E-state index contributed by atoms with van der Waals surface area (Å²) in [6.45, 7) is 2.10. The first-order valence-electron chi connectivity index (χ1n) is 7.96. The van der Waals surface area contributed by atoms with Crippen LogP contribution in [0.1, 0.15) is 23.6 Å². The largest absolute Gasteiger partial charge is 0.207 e. The summed E-state index contributed by atoms with van der Waals surface area (Å²) in [6, 6.07) is 12.5. The van der Waals surface area contributed by atoms with Gasteiger partial charge < -0.3 is 0 Å². The molecule has 0 nitrogen and oxygen atoms in total. The van der Waals surface area contributed by atoms with E-state index < -0.39 is 17.5 Å². The van der Waals surface area contributed by atoms with Crippen LogP contribution in [0.4, 0.5) is 13.2 Å². The Bertz CT molecular complexity index is 937. The summed E-state index contributed by atoms with van der Waals surface area (Å²) in [5, 5.41) is 0. The molecule has 1 aliphatic carbocycles. The SMILES string of the molecule is CCc1ccc2c(c1)Cc1cc(-c3cc(F)cc(F)c3)c(F)cc1-2. The molecule has 120 valence electrons. The second-order valence-electron chi connectivity index (χ2n) is 6.17. The highest BCUT2D eigenvalue weighted by atomic mass is 19.1. The third-order valence-corrected chi connectivity index (χ3v) is 4.62. The average molecular weight is 324 g/mol. The van der Waals surface area contributed by atoms with E-state index in [2.05, 4.69) is 19.1 Å². The monoisotopic (exact) mass is 324 g/mol. The van der Waals surface area contributed by atoms with E-state index in [1.54, 1.807) is 6.07 Å². The molecule has 0 fully saturated rings. The van der Waals surface area contributed by atoms with Crippen molar-refractivity contribution in [3.05, 3.63) is 82.7 Å². The molecule has 0 saturated heterocycles. The minimum absolute atomic E-state index is 0.220. The summed E-state index contributed by atoms with van der Waals surface area (Å²) in [5.74, 6) is -1.88. The van der Waals surface area contributed by atoms with Crippen LogP contribution in [-0.4, -0.2) is 0 Å². The van der Waals surface area contributed by atoms with Gasteiger partial charge in [0.1, 0.15) is 17.5 Å². The molecule has 0 atom stereocenters. The van der Waals surface area contributed by atoms with E-state index in [0.29, 0.717) is 6.42 Å². The molecule has 0 saturated carbocycles. The van der Waals surface area contributed by atoms with E-state index in [9.17, 15) is 13.2 Å². The lowest BCUT2D eigenvalue weighted by Crippen LogP contribution is -1.91. The first-order chi connectivity index (χ1) is 11.5. The number of hydrogen-bond donors (Lipinski definition) is 0. The molecule has 0 N–H and O–H groups in total. The highest BCUT2D eigenvalue weighted by molar-refractivity contribution is 5.80. The zero-order valence-corrected chi connectivity index (χ0v) is 13.2. The molecule has 4 rings (SSSR count). The third kappa shape index (κ3) is 2.41. The Balaban J connectivity index is 1.84. The lowest BCUT2D eigenvalue weighted by molar-refractivity contribution is 0.583. The molecule has 0 aliphatic heterocycles. The van der Waals surface area contributed by atoms with Gasteiger partial charge in [-0.25, -0.2) is 13.2 Å². The van der Waals surface area contributed by atoms with E-state index in [1.807, 2.05) is 6.07 Å². The van der Waals surface area contributed by atoms with Gasteiger partial charge >= 0.3 is 0 Å². The summed E-state index contributed by atoms with van der Waals surface area (Å²) in [7, 11) is 0. The molecule has 0 amide bonds. The van der Waals surface area contributed by atoms with Crippen LogP contribution < -0.4 is 0 Å². The van der Waals surface area contributed by atoms with Crippen LogP contribution in [0.5, 0.6) is 0 Å². The van der Waals surface area contributed by atoms with Gasteiger partial charge in [-0.1, -0.05) is 25.1 Å². The van der Waals surface area contributed by atoms with Gasteiger partial charge in [0.05, 0.1) is 0 Å². The van der Waals surface area contributed by atoms with Crippen LogP contribution in [0, 0.1) is 17.5 Å². The molecule has 3 aromatic rings. The zero-order chi connectivity index (χ0) is 16.8. The standard InChI is InChI=1S/C21H15F3/c1-2-12-3-4-18-13(5-12)6-14-9-20(21(24)11-19(14)18)15-7-16(22)10-17(23)8-15/h3-5,7-11H,2,6H2,1H3. The Labute approximate surface area is 138 Å². The van der Waals surface area contributed by atoms with Gasteiger partial charge in [-0.15, -0.1) is 0 Å². The van der Waals surface area contributed by atoms with Gasteiger partial charge in [0, 0.05) is 11.6 Å². The summed E-state index contributed by atoms with van der Waals surface area (Å²) in [5.41, 5.74) is 5.76. The number of fused-ring (bicyclic) bond motifs is 3. The van der Waals surface area contributed by atoms with Crippen molar-refractivity contribution >= 4 is 0 Å². The van der Waals surface area contributed by atoms with Crippen LogP contribution in [-0.2, 0) is 12.8 Å². The molecule has 24 heavy (non-hydrogen) atoms. The van der Waals surface area contributed by atoms with E-state index in [1.165, 1.54) is 17.2 Å². The Morgan fingerprint density at radius 3 is 2.17 bits per heavy atom. The Morgan fingerprint density at radius 2 is 1.46 bits per heavy atom. The van der Waals surface area contributed by atoms with Crippen molar-refractivity contribution in [1.29, 1.82) is 0 Å². The maximum absolute atomic E-state index is 14.6. The lowest BCUT2D eigenvalue weighted by Gasteiger charge is -2.08. The zero-order valence-electron chi connectivity index (χ0n) is 13.2. The van der Waals surface area contributed by atoms with Gasteiger partial charge in [-0.3, -0.25) is 0 Å². The molecule has 0 radical (unpaired) electrons. The van der Waals surface area contributed by atoms with Crippen LogP contribution in [0.3, 0.4) is 0 Å². The van der Waals surface area contributed by atoms with Crippen LogP contribution in [0.15, 0.2) is 48.5 Å². The fourth-order valence-corrected chi connectivity index (χ4v) is 3.43. The smallest absolute Gasteiger partial charge is 0.131 e. The molecular weight excluding hydrogens is 309 g/mol. The number of aryl methyl sites for hydroxylation is 1. The maximum Gasteiger partial charge on any atom is 0.131 e. The third-order valence-electron chi connectivity index (χ3n) is 4.62. The summed E-state index contributed by atoms with van der Waals surface area (Å²) < 4.78 is 41.5.